The molecule has 1 aliphatic heterocycles. The molecule has 0 radical (unpaired) electrons. The highest BCUT2D eigenvalue weighted by atomic mass is 16.2. The van der Waals surface area contributed by atoms with Crippen LogP contribution < -0.4 is 5.32 Å². The van der Waals surface area contributed by atoms with E-state index in [1.165, 1.54) is 51.4 Å². The molecule has 1 amide bonds. The largest absolute Gasteiger partial charge is 0.341 e. The number of hydrogen-bond donors (Lipinski definition) is 1. The first-order chi connectivity index (χ1) is 10.1. The van der Waals surface area contributed by atoms with E-state index >= 15 is 0 Å². The molecule has 21 heavy (non-hydrogen) atoms. The first kappa shape index (κ1) is 15.3. The van der Waals surface area contributed by atoms with Crippen LogP contribution in [-0.2, 0) is 4.79 Å². The fourth-order valence-corrected chi connectivity index (χ4v) is 4.61. The Hall–Kier alpha value is -0.570. The SMILES string of the molecule is CC(C)CC1(CN2CCCC(NC3CC3)C2=O)CCCC1. The van der Waals surface area contributed by atoms with Gasteiger partial charge in [0.25, 0.3) is 0 Å². The first-order valence-electron chi connectivity index (χ1n) is 9.13. The van der Waals surface area contributed by atoms with E-state index < -0.39 is 0 Å². The zero-order valence-corrected chi connectivity index (χ0v) is 13.9. The summed E-state index contributed by atoms with van der Waals surface area (Å²) in [5.41, 5.74) is 0.422. The van der Waals surface area contributed by atoms with Crippen LogP contribution in [-0.4, -0.2) is 36.0 Å². The molecule has 0 aromatic carbocycles. The summed E-state index contributed by atoms with van der Waals surface area (Å²) in [7, 11) is 0. The Kier molecular flexibility index (Phi) is 4.58. The standard InChI is InChI=1S/C18H32N2O/c1-14(2)12-18(9-3-4-10-18)13-20-11-5-6-16(17(20)21)19-15-7-8-15/h14-16,19H,3-13H2,1-2H3. The lowest BCUT2D eigenvalue weighted by Crippen LogP contribution is -2.53. The van der Waals surface area contributed by atoms with Gasteiger partial charge in [-0.3, -0.25) is 4.79 Å². The van der Waals surface area contributed by atoms with Crippen LogP contribution in [0.15, 0.2) is 0 Å². The van der Waals surface area contributed by atoms with E-state index in [1.54, 1.807) is 0 Å². The molecule has 3 heteroatoms. The molecule has 1 unspecified atom stereocenters. The predicted octanol–water partition coefficient (Wildman–Crippen LogP) is 3.34. The number of carbonyl (C=O) groups excluding carboxylic acids is 1. The van der Waals surface area contributed by atoms with Crippen LogP contribution in [0, 0.1) is 11.3 Å². The molecule has 2 aliphatic carbocycles. The van der Waals surface area contributed by atoms with Gasteiger partial charge in [-0.15, -0.1) is 0 Å². The number of carbonyl (C=O) groups is 1. The molecule has 1 saturated heterocycles. The van der Waals surface area contributed by atoms with Crippen molar-refractivity contribution in [1.82, 2.24) is 10.2 Å². The maximum absolute atomic E-state index is 12.8. The average molecular weight is 292 g/mol. The van der Waals surface area contributed by atoms with Gasteiger partial charge in [0.15, 0.2) is 0 Å². The quantitative estimate of drug-likeness (QED) is 0.814. The number of likely N-dealkylation sites (tertiary alicyclic amines) is 1. The second kappa shape index (κ2) is 6.28. The van der Waals surface area contributed by atoms with Crippen molar-refractivity contribution in [1.29, 1.82) is 0 Å². The Bertz CT molecular complexity index is 369. The van der Waals surface area contributed by atoms with Gasteiger partial charge in [-0.1, -0.05) is 26.7 Å². The van der Waals surface area contributed by atoms with Gasteiger partial charge in [0.1, 0.15) is 0 Å². The first-order valence-corrected chi connectivity index (χ1v) is 9.13. The molecule has 0 aromatic heterocycles. The van der Waals surface area contributed by atoms with E-state index in [-0.39, 0.29) is 6.04 Å². The van der Waals surface area contributed by atoms with Crippen molar-refractivity contribution in [2.75, 3.05) is 13.1 Å². The topological polar surface area (TPSA) is 32.3 Å². The molecule has 0 aromatic rings. The molecular formula is C18H32N2O. The molecule has 1 heterocycles. The third-order valence-electron chi connectivity index (χ3n) is 5.58. The summed E-state index contributed by atoms with van der Waals surface area (Å²) in [6.45, 7) is 6.67. The Morgan fingerprint density at radius 1 is 1.19 bits per heavy atom. The number of amides is 1. The lowest BCUT2D eigenvalue weighted by Gasteiger charge is -2.40. The minimum Gasteiger partial charge on any atom is -0.341 e. The van der Waals surface area contributed by atoms with Crippen LogP contribution in [0.1, 0.15) is 71.6 Å². The van der Waals surface area contributed by atoms with Crippen LogP contribution in [0.2, 0.25) is 0 Å². The van der Waals surface area contributed by atoms with Gasteiger partial charge in [0.05, 0.1) is 6.04 Å². The van der Waals surface area contributed by atoms with Crippen LogP contribution in [0.5, 0.6) is 0 Å². The van der Waals surface area contributed by atoms with Crippen LogP contribution >= 0.6 is 0 Å². The maximum Gasteiger partial charge on any atom is 0.239 e. The summed E-state index contributed by atoms with van der Waals surface area (Å²) in [6.07, 6.45) is 11.4. The smallest absolute Gasteiger partial charge is 0.239 e. The van der Waals surface area contributed by atoms with E-state index in [0.29, 0.717) is 17.4 Å². The zero-order valence-electron chi connectivity index (χ0n) is 13.9. The van der Waals surface area contributed by atoms with E-state index in [4.69, 9.17) is 0 Å². The molecule has 3 nitrogen and oxygen atoms in total. The molecule has 3 aliphatic rings. The monoisotopic (exact) mass is 292 g/mol. The zero-order chi connectivity index (χ0) is 14.9. The van der Waals surface area contributed by atoms with Crippen LogP contribution in [0.3, 0.4) is 0 Å². The summed E-state index contributed by atoms with van der Waals surface area (Å²) < 4.78 is 0. The van der Waals surface area contributed by atoms with Crippen molar-refractivity contribution >= 4 is 5.91 Å². The highest BCUT2D eigenvalue weighted by molar-refractivity contribution is 5.82. The van der Waals surface area contributed by atoms with Crippen molar-refractivity contribution in [3.05, 3.63) is 0 Å². The highest BCUT2D eigenvalue weighted by Gasteiger charge is 2.40. The normalized spacial score (nSPS) is 29.4. The number of piperidine rings is 1. The third-order valence-corrected chi connectivity index (χ3v) is 5.58. The van der Waals surface area contributed by atoms with Gasteiger partial charge in [-0.2, -0.15) is 0 Å². The van der Waals surface area contributed by atoms with E-state index in [1.807, 2.05) is 0 Å². The summed E-state index contributed by atoms with van der Waals surface area (Å²) in [4.78, 5) is 15.0. The molecule has 120 valence electrons. The number of hydrogen-bond acceptors (Lipinski definition) is 2. The maximum atomic E-state index is 12.8. The van der Waals surface area contributed by atoms with Crippen molar-refractivity contribution in [3.63, 3.8) is 0 Å². The number of nitrogens with one attached hydrogen (secondary N) is 1. The van der Waals surface area contributed by atoms with Gasteiger partial charge in [0, 0.05) is 19.1 Å². The van der Waals surface area contributed by atoms with Gasteiger partial charge < -0.3 is 10.2 Å². The average Bonchev–Trinajstić information content (AvgIpc) is 3.13. The summed E-state index contributed by atoms with van der Waals surface area (Å²) in [5, 5.41) is 3.56. The molecular weight excluding hydrogens is 260 g/mol. The third kappa shape index (κ3) is 3.80. The van der Waals surface area contributed by atoms with Gasteiger partial charge in [-0.25, -0.2) is 0 Å². The lowest BCUT2D eigenvalue weighted by atomic mass is 9.77. The minimum atomic E-state index is 0.115. The Balaban J connectivity index is 1.62. The van der Waals surface area contributed by atoms with E-state index in [2.05, 4.69) is 24.1 Å². The Morgan fingerprint density at radius 2 is 1.90 bits per heavy atom. The molecule has 2 saturated carbocycles. The summed E-state index contributed by atoms with van der Waals surface area (Å²) in [6, 6.07) is 0.749. The second-order valence-corrected chi connectivity index (χ2v) is 8.20. The molecule has 1 atom stereocenters. The Labute approximate surface area is 129 Å². The van der Waals surface area contributed by atoms with Gasteiger partial charge in [0.2, 0.25) is 5.91 Å². The van der Waals surface area contributed by atoms with Crippen LogP contribution in [0.25, 0.3) is 0 Å². The molecule has 3 rings (SSSR count). The number of rotatable bonds is 6. The molecule has 0 spiro atoms. The fraction of sp³-hybridized carbons (Fsp3) is 0.944. The fourth-order valence-electron chi connectivity index (χ4n) is 4.61. The molecule has 0 bridgehead atoms. The lowest BCUT2D eigenvalue weighted by molar-refractivity contribution is -0.138. The summed E-state index contributed by atoms with van der Waals surface area (Å²) in [5.74, 6) is 1.13. The highest BCUT2D eigenvalue weighted by Crippen LogP contribution is 2.44. The molecule has 1 N–H and O–H groups in total. The van der Waals surface area contributed by atoms with Crippen molar-refractivity contribution in [2.45, 2.75) is 83.7 Å². The van der Waals surface area contributed by atoms with Crippen molar-refractivity contribution in [2.24, 2.45) is 11.3 Å². The molecule has 3 fully saturated rings. The minimum absolute atomic E-state index is 0.115. The second-order valence-electron chi connectivity index (χ2n) is 8.20. The summed E-state index contributed by atoms with van der Waals surface area (Å²) >= 11 is 0. The predicted molar refractivity (Wildman–Crippen MR) is 86.1 cm³/mol. The van der Waals surface area contributed by atoms with Gasteiger partial charge in [-0.05, 0) is 56.3 Å². The van der Waals surface area contributed by atoms with Crippen molar-refractivity contribution < 1.29 is 4.79 Å². The number of nitrogens with zero attached hydrogens (tertiary/aromatic N) is 1. The van der Waals surface area contributed by atoms with Crippen LogP contribution in [0.4, 0.5) is 0 Å². The Morgan fingerprint density at radius 3 is 2.52 bits per heavy atom. The van der Waals surface area contributed by atoms with Gasteiger partial charge >= 0.3 is 0 Å². The van der Waals surface area contributed by atoms with E-state index in [9.17, 15) is 4.79 Å². The van der Waals surface area contributed by atoms with E-state index in [0.717, 1.165) is 25.4 Å². The van der Waals surface area contributed by atoms with Crippen molar-refractivity contribution in [3.8, 4) is 0 Å².